The van der Waals surface area contributed by atoms with Crippen LogP contribution in [0.4, 0.5) is 14.9 Å². The predicted octanol–water partition coefficient (Wildman–Crippen LogP) is 2.17. The number of amides is 4. The Morgan fingerprint density at radius 3 is 2.42 bits per heavy atom. The van der Waals surface area contributed by atoms with E-state index in [2.05, 4.69) is 5.32 Å². The number of fused-ring (bicyclic) bond motifs is 1. The number of nitrogens with zero attached hydrogens (tertiary/aromatic N) is 2. The lowest BCUT2D eigenvalue weighted by Gasteiger charge is -2.36. The highest BCUT2D eigenvalue weighted by Gasteiger charge is 2.49. The average molecular weight is 353 g/mol. The third-order valence-corrected chi connectivity index (χ3v) is 4.75. The maximum atomic E-state index is 13.2. The molecule has 2 aliphatic rings. The molecule has 1 N–H and O–H groups in total. The van der Waals surface area contributed by atoms with Crippen LogP contribution in [0, 0.1) is 5.82 Å². The Kier molecular flexibility index (Phi) is 3.91. The summed E-state index contributed by atoms with van der Waals surface area (Å²) in [7, 11) is 0. The van der Waals surface area contributed by atoms with E-state index in [1.54, 1.807) is 24.3 Å². The van der Waals surface area contributed by atoms with Crippen molar-refractivity contribution in [1.82, 2.24) is 10.2 Å². The lowest BCUT2D eigenvalue weighted by Crippen LogP contribution is -2.65. The van der Waals surface area contributed by atoms with Crippen LogP contribution in [0.5, 0.6) is 0 Å². The summed E-state index contributed by atoms with van der Waals surface area (Å²) in [6, 6.07) is 12.1. The van der Waals surface area contributed by atoms with Gasteiger partial charge >= 0.3 is 6.03 Å². The van der Waals surface area contributed by atoms with Gasteiger partial charge in [-0.25, -0.2) is 14.1 Å². The number of carbonyl (C=O) groups excluding carboxylic acids is 3. The highest BCUT2D eigenvalue weighted by molar-refractivity contribution is 6.19. The van der Waals surface area contributed by atoms with Crippen LogP contribution in [-0.2, 0) is 4.79 Å². The van der Waals surface area contributed by atoms with Crippen LogP contribution in [-0.4, -0.2) is 41.4 Å². The molecule has 2 aromatic carbocycles. The molecule has 2 atom stereocenters. The first kappa shape index (κ1) is 16.3. The number of halogens is 1. The summed E-state index contributed by atoms with van der Waals surface area (Å²) < 4.78 is 13.2. The first-order valence-electron chi connectivity index (χ1n) is 8.32. The minimum absolute atomic E-state index is 0.248. The van der Waals surface area contributed by atoms with E-state index in [1.807, 2.05) is 6.07 Å². The minimum Gasteiger partial charge on any atom is -0.332 e. The normalized spacial score (nSPS) is 22.2. The molecule has 2 saturated heterocycles. The Labute approximate surface area is 149 Å². The van der Waals surface area contributed by atoms with Crippen molar-refractivity contribution in [3.8, 4) is 0 Å². The fourth-order valence-electron chi connectivity index (χ4n) is 3.51. The summed E-state index contributed by atoms with van der Waals surface area (Å²) in [6.45, 7) is 0.381. The molecule has 0 aliphatic carbocycles. The molecule has 0 radical (unpaired) electrons. The standard InChI is InChI=1S/C19H16FN3O3/c20-13-6-8-14(9-7-13)23-18(25)16-15(21-19(23)26)10-11-22(16)17(24)12-4-2-1-3-5-12/h1-9,15-16H,10-11H2,(H,21,26). The zero-order chi connectivity index (χ0) is 18.3. The van der Waals surface area contributed by atoms with Crippen LogP contribution in [0.25, 0.3) is 0 Å². The number of nitrogens with one attached hydrogen (secondary N) is 1. The molecule has 132 valence electrons. The molecule has 2 aliphatic heterocycles. The Morgan fingerprint density at radius 1 is 1.04 bits per heavy atom. The molecule has 6 nitrogen and oxygen atoms in total. The van der Waals surface area contributed by atoms with Crippen LogP contribution in [0.3, 0.4) is 0 Å². The topological polar surface area (TPSA) is 69.7 Å². The van der Waals surface area contributed by atoms with Crippen molar-refractivity contribution in [3.05, 3.63) is 66.0 Å². The van der Waals surface area contributed by atoms with Gasteiger partial charge in [-0.3, -0.25) is 9.59 Å². The van der Waals surface area contributed by atoms with Crippen LogP contribution in [0.15, 0.2) is 54.6 Å². The molecule has 26 heavy (non-hydrogen) atoms. The van der Waals surface area contributed by atoms with E-state index in [1.165, 1.54) is 29.2 Å². The smallest absolute Gasteiger partial charge is 0.329 e. The number of rotatable bonds is 2. The summed E-state index contributed by atoms with van der Waals surface area (Å²) >= 11 is 0. The summed E-state index contributed by atoms with van der Waals surface area (Å²) in [5.41, 5.74) is 0.762. The number of anilines is 1. The maximum Gasteiger partial charge on any atom is 0.329 e. The monoisotopic (exact) mass is 353 g/mol. The van der Waals surface area contributed by atoms with Crippen molar-refractivity contribution in [2.45, 2.75) is 18.5 Å². The fraction of sp³-hybridized carbons (Fsp3) is 0.211. The van der Waals surface area contributed by atoms with Crippen LogP contribution in [0.2, 0.25) is 0 Å². The van der Waals surface area contributed by atoms with Gasteiger partial charge in [-0.15, -0.1) is 0 Å². The molecule has 0 saturated carbocycles. The molecule has 7 heteroatoms. The molecule has 2 unspecified atom stereocenters. The Balaban J connectivity index is 1.65. The van der Waals surface area contributed by atoms with Crippen molar-refractivity contribution in [2.75, 3.05) is 11.4 Å². The van der Waals surface area contributed by atoms with Gasteiger partial charge < -0.3 is 10.2 Å². The van der Waals surface area contributed by atoms with E-state index in [9.17, 15) is 18.8 Å². The van der Waals surface area contributed by atoms with E-state index in [0.717, 1.165) is 4.90 Å². The van der Waals surface area contributed by atoms with Gasteiger partial charge in [-0.1, -0.05) is 18.2 Å². The van der Waals surface area contributed by atoms with Crippen molar-refractivity contribution >= 4 is 23.5 Å². The second-order valence-corrected chi connectivity index (χ2v) is 6.30. The van der Waals surface area contributed by atoms with E-state index in [-0.39, 0.29) is 11.6 Å². The Morgan fingerprint density at radius 2 is 1.73 bits per heavy atom. The molecular formula is C19H16FN3O3. The van der Waals surface area contributed by atoms with Gasteiger partial charge in [0, 0.05) is 12.1 Å². The Hall–Kier alpha value is -3.22. The van der Waals surface area contributed by atoms with Gasteiger partial charge in [0.05, 0.1) is 11.7 Å². The summed E-state index contributed by atoms with van der Waals surface area (Å²) in [5, 5.41) is 2.79. The third kappa shape index (κ3) is 2.61. The summed E-state index contributed by atoms with van der Waals surface area (Å²) in [5.74, 6) is -1.19. The van der Waals surface area contributed by atoms with E-state index < -0.39 is 29.8 Å². The fourth-order valence-corrected chi connectivity index (χ4v) is 3.51. The quantitative estimate of drug-likeness (QED) is 0.900. The summed E-state index contributed by atoms with van der Waals surface area (Å²) in [6.07, 6.45) is 0.512. The third-order valence-electron chi connectivity index (χ3n) is 4.75. The van der Waals surface area contributed by atoms with Gasteiger partial charge in [0.15, 0.2) is 0 Å². The zero-order valence-electron chi connectivity index (χ0n) is 13.8. The largest absolute Gasteiger partial charge is 0.332 e. The van der Waals surface area contributed by atoms with E-state index in [4.69, 9.17) is 0 Å². The lowest BCUT2D eigenvalue weighted by molar-refractivity contribution is -0.122. The molecule has 2 heterocycles. The van der Waals surface area contributed by atoms with Gasteiger partial charge in [-0.05, 0) is 42.8 Å². The number of hydrogen-bond acceptors (Lipinski definition) is 3. The number of benzene rings is 2. The van der Waals surface area contributed by atoms with Crippen LogP contribution in [0.1, 0.15) is 16.8 Å². The molecular weight excluding hydrogens is 337 g/mol. The molecule has 0 spiro atoms. The minimum atomic E-state index is -0.773. The highest BCUT2D eigenvalue weighted by atomic mass is 19.1. The summed E-state index contributed by atoms with van der Waals surface area (Å²) in [4.78, 5) is 40.7. The maximum absolute atomic E-state index is 13.2. The van der Waals surface area contributed by atoms with Crippen molar-refractivity contribution in [1.29, 1.82) is 0 Å². The zero-order valence-corrected chi connectivity index (χ0v) is 13.8. The number of likely N-dealkylation sites (tertiary alicyclic amines) is 1. The number of urea groups is 1. The highest BCUT2D eigenvalue weighted by Crippen LogP contribution is 2.29. The van der Waals surface area contributed by atoms with Crippen molar-refractivity contribution < 1.29 is 18.8 Å². The SMILES string of the molecule is O=C1NC2CCN(C(=O)c3ccccc3)C2C(=O)N1c1ccc(F)cc1. The van der Waals surface area contributed by atoms with Crippen molar-refractivity contribution in [3.63, 3.8) is 0 Å². The molecule has 0 bridgehead atoms. The van der Waals surface area contributed by atoms with Gasteiger partial charge in [0.25, 0.3) is 11.8 Å². The van der Waals surface area contributed by atoms with E-state index in [0.29, 0.717) is 18.5 Å². The second-order valence-electron chi connectivity index (χ2n) is 6.30. The van der Waals surface area contributed by atoms with Gasteiger partial charge in [0.1, 0.15) is 11.9 Å². The van der Waals surface area contributed by atoms with Crippen LogP contribution < -0.4 is 10.2 Å². The first-order chi connectivity index (χ1) is 12.6. The number of imide groups is 1. The molecule has 0 aromatic heterocycles. The van der Waals surface area contributed by atoms with E-state index >= 15 is 0 Å². The molecule has 4 rings (SSSR count). The van der Waals surface area contributed by atoms with Gasteiger partial charge in [0.2, 0.25) is 0 Å². The van der Waals surface area contributed by atoms with Gasteiger partial charge in [-0.2, -0.15) is 0 Å². The Bertz CT molecular complexity index is 869. The molecule has 2 fully saturated rings. The average Bonchev–Trinajstić information content (AvgIpc) is 3.07. The predicted molar refractivity (Wildman–Crippen MR) is 92.1 cm³/mol. The molecule has 2 aromatic rings. The second kappa shape index (κ2) is 6.25. The van der Waals surface area contributed by atoms with Crippen molar-refractivity contribution in [2.24, 2.45) is 0 Å². The number of carbonyl (C=O) groups is 3. The first-order valence-corrected chi connectivity index (χ1v) is 8.32. The molecule has 4 amide bonds. The number of hydrogen-bond donors (Lipinski definition) is 1. The lowest BCUT2D eigenvalue weighted by atomic mass is 10.0. The van der Waals surface area contributed by atoms with Crippen LogP contribution >= 0.6 is 0 Å².